The highest BCUT2D eigenvalue weighted by atomic mass is 16.2. The number of aryl methyl sites for hydroxylation is 1. The van der Waals surface area contributed by atoms with E-state index in [1.54, 1.807) is 11.6 Å². The largest absolute Gasteiger partial charge is 0.338 e. The molecule has 5 nitrogen and oxygen atoms in total. The van der Waals surface area contributed by atoms with Crippen LogP contribution >= 0.6 is 0 Å². The number of fused-ring (bicyclic) bond motifs is 1. The van der Waals surface area contributed by atoms with E-state index in [1.807, 2.05) is 18.2 Å². The highest BCUT2D eigenvalue weighted by molar-refractivity contribution is 5.97. The fourth-order valence-electron chi connectivity index (χ4n) is 4.89. The number of rotatable bonds is 1. The summed E-state index contributed by atoms with van der Waals surface area (Å²) in [7, 11) is 1.73. The molecule has 1 aromatic carbocycles. The summed E-state index contributed by atoms with van der Waals surface area (Å²) in [5.41, 5.74) is 2.42. The molecule has 2 heterocycles. The molecule has 5 heteroatoms. The summed E-state index contributed by atoms with van der Waals surface area (Å²) in [6, 6.07) is 5.53. The van der Waals surface area contributed by atoms with E-state index in [2.05, 4.69) is 16.8 Å². The molecule has 2 fully saturated rings. The monoisotopic (exact) mass is 341 g/mol. The van der Waals surface area contributed by atoms with Crippen molar-refractivity contribution in [3.63, 3.8) is 0 Å². The Balaban J connectivity index is 1.62. The highest BCUT2D eigenvalue weighted by Crippen LogP contribution is 2.47. The predicted molar refractivity (Wildman–Crippen MR) is 98.7 cm³/mol. The maximum Gasteiger partial charge on any atom is 0.326 e. The minimum absolute atomic E-state index is 0.104. The van der Waals surface area contributed by atoms with Gasteiger partial charge in [-0.25, -0.2) is 4.79 Å². The quantitative estimate of drug-likeness (QED) is 0.865. The van der Waals surface area contributed by atoms with Crippen molar-refractivity contribution in [3.8, 4) is 0 Å². The zero-order valence-corrected chi connectivity index (χ0v) is 15.2. The summed E-state index contributed by atoms with van der Waals surface area (Å²) >= 11 is 0. The van der Waals surface area contributed by atoms with E-state index in [4.69, 9.17) is 0 Å². The Morgan fingerprint density at radius 3 is 2.76 bits per heavy atom. The molecule has 1 unspecified atom stereocenters. The van der Waals surface area contributed by atoms with Gasteiger partial charge in [-0.3, -0.25) is 9.36 Å². The Kier molecular flexibility index (Phi) is 3.97. The molecular formula is C20H27N3O2. The summed E-state index contributed by atoms with van der Waals surface area (Å²) in [5, 5.41) is 0. The van der Waals surface area contributed by atoms with E-state index >= 15 is 0 Å². The summed E-state index contributed by atoms with van der Waals surface area (Å²) in [6.07, 6.45) is 7.53. The van der Waals surface area contributed by atoms with Gasteiger partial charge in [-0.15, -0.1) is 0 Å². The molecular weight excluding hydrogens is 314 g/mol. The number of aromatic nitrogens is 2. The highest BCUT2D eigenvalue weighted by Gasteiger charge is 2.42. The van der Waals surface area contributed by atoms with Crippen molar-refractivity contribution in [1.29, 1.82) is 0 Å². The van der Waals surface area contributed by atoms with Gasteiger partial charge in [0.1, 0.15) is 0 Å². The molecule has 1 atom stereocenters. The number of nitrogens with one attached hydrogen (secondary N) is 1. The number of carbonyl (C=O) groups is 1. The molecule has 4 rings (SSSR count). The Morgan fingerprint density at radius 2 is 2.00 bits per heavy atom. The third-order valence-corrected chi connectivity index (χ3v) is 6.67. The van der Waals surface area contributed by atoms with Crippen LogP contribution in [0.5, 0.6) is 0 Å². The molecule has 1 aromatic heterocycles. The fraction of sp³-hybridized carbons (Fsp3) is 0.600. The van der Waals surface area contributed by atoms with Gasteiger partial charge >= 0.3 is 5.69 Å². The van der Waals surface area contributed by atoms with Gasteiger partial charge in [0.25, 0.3) is 5.91 Å². The van der Waals surface area contributed by atoms with E-state index in [0.29, 0.717) is 16.9 Å². The van der Waals surface area contributed by atoms with Crippen molar-refractivity contribution in [3.05, 3.63) is 34.2 Å². The SMILES string of the molecule is CC1CCN(C(=O)c2ccc3[nH]c(=O)n(C)c3c2)CC12CCCCC2. The van der Waals surface area contributed by atoms with Crippen LogP contribution in [-0.2, 0) is 7.05 Å². The Morgan fingerprint density at radius 1 is 1.24 bits per heavy atom. The van der Waals surface area contributed by atoms with E-state index in [1.165, 1.54) is 32.1 Å². The standard InChI is InChI=1S/C20H27N3O2/c1-14-8-11-23(13-20(14)9-4-3-5-10-20)18(24)15-6-7-16-17(12-15)22(2)19(25)21-16/h6-7,12,14H,3-5,8-11,13H2,1-2H3,(H,21,25). The van der Waals surface area contributed by atoms with Gasteiger partial charge in [0.15, 0.2) is 0 Å². The second kappa shape index (κ2) is 6.04. The van der Waals surface area contributed by atoms with Gasteiger partial charge in [0, 0.05) is 25.7 Å². The molecule has 1 spiro atoms. The number of imidazole rings is 1. The number of H-pyrrole nitrogens is 1. The van der Waals surface area contributed by atoms with Crippen molar-refractivity contribution >= 4 is 16.9 Å². The lowest BCUT2D eigenvalue weighted by Crippen LogP contribution is -2.51. The number of benzene rings is 1. The summed E-state index contributed by atoms with van der Waals surface area (Å²) in [6.45, 7) is 4.09. The lowest BCUT2D eigenvalue weighted by molar-refractivity contribution is 0.00683. The van der Waals surface area contributed by atoms with Gasteiger partial charge in [0.2, 0.25) is 0 Å². The smallest absolute Gasteiger partial charge is 0.326 e. The van der Waals surface area contributed by atoms with Crippen molar-refractivity contribution in [1.82, 2.24) is 14.5 Å². The molecule has 1 aliphatic carbocycles. The molecule has 134 valence electrons. The molecule has 2 aromatic rings. The van der Waals surface area contributed by atoms with E-state index in [9.17, 15) is 9.59 Å². The van der Waals surface area contributed by atoms with Crippen LogP contribution in [0.25, 0.3) is 11.0 Å². The number of piperidine rings is 1. The van der Waals surface area contributed by atoms with Crippen LogP contribution in [0.1, 0.15) is 55.8 Å². The van der Waals surface area contributed by atoms with E-state index in [0.717, 1.165) is 30.5 Å². The van der Waals surface area contributed by atoms with Gasteiger partial charge < -0.3 is 9.88 Å². The molecule has 1 saturated heterocycles. The lowest BCUT2D eigenvalue weighted by Gasteiger charge is -2.49. The van der Waals surface area contributed by atoms with Gasteiger partial charge in [0.05, 0.1) is 11.0 Å². The molecule has 1 aliphatic heterocycles. The molecule has 2 aliphatic rings. The number of carbonyl (C=O) groups excluding carboxylic acids is 1. The number of amides is 1. The average Bonchev–Trinajstić information content (AvgIpc) is 2.91. The topological polar surface area (TPSA) is 58.1 Å². The predicted octanol–water partition coefficient (Wildman–Crippen LogP) is 3.30. The van der Waals surface area contributed by atoms with E-state index in [-0.39, 0.29) is 11.6 Å². The zero-order chi connectivity index (χ0) is 17.6. The average molecular weight is 341 g/mol. The Labute approximate surface area is 148 Å². The molecule has 1 N–H and O–H groups in total. The fourth-order valence-corrected chi connectivity index (χ4v) is 4.89. The summed E-state index contributed by atoms with van der Waals surface area (Å²) < 4.78 is 1.56. The molecule has 25 heavy (non-hydrogen) atoms. The van der Waals surface area contributed by atoms with Crippen LogP contribution in [-0.4, -0.2) is 33.4 Å². The minimum atomic E-state index is -0.146. The second-order valence-corrected chi connectivity index (χ2v) is 8.06. The first-order valence-electron chi connectivity index (χ1n) is 9.48. The Bertz CT molecular complexity index is 857. The second-order valence-electron chi connectivity index (χ2n) is 8.06. The number of likely N-dealkylation sites (tertiary alicyclic amines) is 1. The van der Waals surface area contributed by atoms with Gasteiger partial charge in [-0.1, -0.05) is 26.2 Å². The third-order valence-electron chi connectivity index (χ3n) is 6.67. The van der Waals surface area contributed by atoms with E-state index < -0.39 is 0 Å². The lowest BCUT2D eigenvalue weighted by atomic mass is 9.63. The van der Waals surface area contributed by atoms with Crippen LogP contribution in [0.4, 0.5) is 0 Å². The maximum absolute atomic E-state index is 13.1. The van der Waals surface area contributed by atoms with Crippen molar-refractivity contribution < 1.29 is 4.79 Å². The molecule has 0 radical (unpaired) electrons. The van der Waals surface area contributed by atoms with Crippen LogP contribution in [0.3, 0.4) is 0 Å². The molecule has 1 saturated carbocycles. The summed E-state index contributed by atoms with van der Waals surface area (Å²) in [4.78, 5) is 29.8. The summed E-state index contributed by atoms with van der Waals surface area (Å²) in [5.74, 6) is 0.803. The number of hydrogen-bond donors (Lipinski definition) is 1. The first kappa shape index (κ1) is 16.4. The van der Waals surface area contributed by atoms with Gasteiger partial charge in [-0.05, 0) is 48.8 Å². The van der Waals surface area contributed by atoms with Crippen molar-refractivity contribution in [2.24, 2.45) is 18.4 Å². The Hall–Kier alpha value is -2.04. The first-order valence-corrected chi connectivity index (χ1v) is 9.48. The van der Waals surface area contributed by atoms with Crippen LogP contribution < -0.4 is 5.69 Å². The normalized spacial score (nSPS) is 23.3. The number of aromatic amines is 1. The van der Waals surface area contributed by atoms with Crippen molar-refractivity contribution in [2.45, 2.75) is 45.4 Å². The van der Waals surface area contributed by atoms with Crippen LogP contribution in [0.15, 0.2) is 23.0 Å². The first-order chi connectivity index (χ1) is 12.0. The number of hydrogen-bond acceptors (Lipinski definition) is 2. The molecule has 1 amide bonds. The minimum Gasteiger partial charge on any atom is -0.338 e. The maximum atomic E-state index is 13.1. The van der Waals surface area contributed by atoms with Crippen LogP contribution in [0, 0.1) is 11.3 Å². The van der Waals surface area contributed by atoms with Crippen molar-refractivity contribution in [2.75, 3.05) is 13.1 Å². The van der Waals surface area contributed by atoms with Crippen LogP contribution in [0.2, 0.25) is 0 Å². The van der Waals surface area contributed by atoms with Gasteiger partial charge in [-0.2, -0.15) is 0 Å². The zero-order valence-electron chi connectivity index (χ0n) is 15.2. The molecule has 0 bridgehead atoms. The third kappa shape index (κ3) is 2.70. The number of nitrogens with zero attached hydrogens (tertiary/aromatic N) is 2.